The number of esters is 1. The van der Waals surface area contributed by atoms with Gasteiger partial charge in [-0.3, -0.25) is 9.05 Å². The van der Waals surface area contributed by atoms with E-state index in [-0.39, 0.29) is 72.3 Å². The van der Waals surface area contributed by atoms with E-state index in [0.29, 0.717) is 0 Å². The van der Waals surface area contributed by atoms with Crippen LogP contribution < -0.4 is 0 Å². The molecule has 0 aliphatic rings. The molecule has 0 rings (SSSR count). The van der Waals surface area contributed by atoms with Gasteiger partial charge in [-0.15, -0.1) is 0 Å². The second-order valence-electron chi connectivity index (χ2n) is 1.86. The molecule has 0 heterocycles. The third-order valence-electron chi connectivity index (χ3n) is 0.979. The zero-order valence-electron chi connectivity index (χ0n) is 7.13. The Morgan fingerprint density at radius 3 is 2.40 bits per heavy atom. The van der Waals surface area contributed by atoms with E-state index >= 15 is 0 Å². The molecule has 0 saturated carbocycles. The molecule has 6 nitrogen and oxygen atoms in total. The molecule has 0 aliphatic carbocycles. The van der Waals surface area contributed by atoms with Crippen molar-refractivity contribution >= 4 is 72.9 Å². The van der Waals surface area contributed by atoms with Crippen LogP contribution in [-0.4, -0.2) is 90.3 Å². The number of ether oxygens (including phenoxy) is 1. The Balaban J connectivity index is -0.000000720. The van der Waals surface area contributed by atoms with Crippen LogP contribution in [0.15, 0.2) is 12.7 Å². The van der Waals surface area contributed by atoms with Gasteiger partial charge in [0, 0.05) is 13.2 Å². The minimum absolute atomic E-state index is 0. The van der Waals surface area contributed by atoms with E-state index in [2.05, 4.69) is 20.4 Å². The molecule has 9 heteroatoms. The van der Waals surface area contributed by atoms with E-state index in [1.165, 1.54) is 0 Å². The van der Waals surface area contributed by atoms with Gasteiger partial charge in [-0.1, -0.05) is 6.58 Å². The SMILES string of the molecule is C=CC(=O)OCCOP(=O)(O)OC.[NaH].[NaH]. The molecule has 0 aromatic heterocycles. The fraction of sp³-hybridized carbons (Fsp3) is 0.500. The zero-order chi connectivity index (χ0) is 10.3. The van der Waals surface area contributed by atoms with Crippen LogP contribution in [0.25, 0.3) is 0 Å². The van der Waals surface area contributed by atoms with Gasteiger partial charge in [0.1, 0.15) is 6.61 Å². The Bertz CT molecular complexity index is 234. The van der Waals surface area contributed by atoms with Crippen molar-refractivity contribution < 1.29 is 28.0 Å². The standard InChI is InChI=1S/C6H11O6P.2Na.2H/c1-3-6(7)11-4-5-12-13(8,9)10-2;;;;/h3H,1,4-5H2,2H3,(H,8,9);;;;. The van der Waals surface area contributed by atoms with Gasteiger partial charge in [0.25, 0.3) is 0 Å². The van der Waals surface area contributed by atoms with Gasteiger partial charge in [0.05, 0.1) is 6.61 Å². The van der Waals surface area contributed by atoms with Crippen molar-refractivity contribution in [3.05, 3.63) is 12.7 Å². The number of phosphoric acid groups is 1. The van der Waals surface area contributed by atoms with Crippen LogP contribution >= 0.6 is 7.82 Å². The van der Waals surface area contributed by atoms with E-state index in [1.54, 1.807) is 0 Å². The summed E-state index contributed by atoms with van der Waals surface area (Å²) >= 11 is 0. The molecule has 0 amide bonds. The first-order chi connectivity index (χ1) is 6.02. The van der Waals surface area contributed by atoms with Crippen molar-refractivity contribution in [1.29, 1.82) is 0 Å². The van der Waals surface area contributed by atoms with Gasteiger partial charge in [-0.05, 0) is 0 Å². The normalized spacial score (nSPS) is 12.7. The van der Waals surface area contributed by atoms with Crippen LogP contribution in [0, 0.1) is 0 Å². The molecule has 0 aromatic rings. The summed E-state index contributed by atoms with van der Waals surface area (Å²) in [5.74, 6) is -0.617. The summed E-state index contributed by atoms with van der Waals surface area (Å²) in [6, 6.07) is 0. The minimum atomic E-state index is -3.96. The summed E-state index contributed by atoms with van der Waals surface area (Å²) in [5, 5.41) is 0. The average Bonchev–Trinajstić information content (AvgIpc) is 2.12. The summed E-state index contributed by atoms with van der Waals surface area (Å²) in [7, 11) is -2.92. The molecule has 1 unspecified atom stereocenters. The fourth-order valence-corrected chi connectivity index (χ4v) is 0.817. The number of carbonyl (C=O) groups excluding carboxylic acids is 1. The van der Waals surface area contributed by atoms with Gasteiger partial charge in [-0.2, -0.15) is 0 Å². The molecule has 1 atom stereocenters. The van der Waals surface area contributed by atoms with Crippen molar-refractivity contribution in [2.45, 2.75) is 0 Å². The Hall–Kier alpha value is 1.32. The van der Waals surface area contributed by atoms with Crippen molar-refractivity contribution in [1.82, 2.24) is 0 Å². The predicted molar refractivity (Wildman–Crippen MR) is 58.2 cm³/mol. The van der Waals surface area contributed by atoms with Gasteiger partial charge in [0.15, 0.2) is 0 Å². The molecule has 0 aliphatic heterocycles. The molecule has 15 heavy (non-hydrogen) atoms. The number of hydrogen-bond acceptors (Lipinski definition) is 5. The van der Waals surface area contributed by atoms with Crippen LogP contribution in [0.2, 0.25) is 0 Å². The second-order valence-corrected chi connectivity index (χ2v) is 3.42. The van der Waals surface area contributed by atoms with Gasteiger partial charge in [0.2, 0.25) is 0 Å². The Labute approximate surface area is 133 Å². The topological polar surface area (TPSA) is 82.1 Å². The molecule has 0 fully saturated rings. The molecule has 80 valence electrons. The Morgan fingerprint density at radius 1 is 1.47 bits per heavy atom. The van der Waals surface area contributed by atoms with Crippen LogP contribution in [0.4, 0.5) is 0 Å². The van der Waals surface area contributed by atoms with Crippen LogP contribution in [-0.2, 0) is 23.1 Å². The quantitative estimate of drug-likeness (QED) is 0.220. The molecule has 0 aromatic carbocycles. The number of phosphoric ester groups is 1. The second kappa shape index (κ2) is 11.8. The zero-order valence-corrected chi connectivity index (χ0v) is 8.03. The molecule has 0 bridgehead atoms. The summed E-state index contributed by atoms with van der Waals surface area (Å²) in [4.78, 5) is 19.1. The predicted octanol–water partition coefficient (Wildman–Crippen LogP) is -0.818. The first-order valence-corrected chi connectivity index (χ1v) is 4.83. The number of rotatable bonds is 6. The molecule has 0 spiro atoms. The Morgan fingerprint density at radius 2 is 2.00 bits per heavy atom. The third-order valence-corrected chi connectivity index (χ3v) is 1.95. The van der Waals surface area contributed by atoms with Crippen molar-refractivity contribution in [3.8, 4) is 0 Å². The van der Waals surface area contributed by atoms with Gasteiger partial charge in [-0.25, -0.2) is 9.36 Å². The first-order valence-electron chi connectivity index (χ1n) is 3.34. The average molecular weight is 258 g/mol. The van der Waals surface area contributed by atoms with Crippen molar-refractivity contribution in [2.75, 3.05) is 20.3 Å². The number of carbonyl (C=O) groups is 1. The molecular formula is C6H13Na2O6P. The summed E-state index contributed by atoms with van der Waals surface area (Å²) < 4.78 is 23.6. The monoisotopic (exact) mass is 258 g/mol. The molecule has 0 saturated heterocycles. The maximum absolute atomic E-state index is 10.6. The Kier molecular flexibility index (Phi) is 17.0. The van der Waals surface area contributed by atoms with Gasteiger partial charge < -0.3 is 9.63 Å². The fourth-order valence-electron chi connectivity index (χ4n) is 0.407. The van der Waals surface area contributed by atoms with E-state index in [9.17, 15) is 9.36 Å². The van der Waals surface area contributed by atoms with Crippen LogP contribution in [0.5, 0.6) is 0 Å². The number of hydrogen-bond donors (Lipinski definition) is 1. The molecular weight excluding hydrogens is 245 g/mol. The van der Waals surface area contributed by atoms with E-state index in [0.717, 1.165) is 13.2 Å². The van der Waals surface area contributed by atoms with Crippen molar-refractivity contribution in [2.24, 2.45) is 0 Å². The first kappa shape index (κ1) is 21.6. The third kappa shape index (κ3) is 13.3. The van der Waals surface area contributed by atoms with Crippen LogP contribution in [0.3, 0.4) is 0 Å². The van der Waals surface area contributed by atoms with Crippen molar-refractivity contribution in [3.63, 3.8) is 0 Å². The molecule has 1 N–H and O–H groups in total. The summed E-state index contributed by atoms with van der Waals surface area (Å²) in [6.45, 7) is 2.83. The van der Waals surface area contributed by atoms with E-state index in [1.807, 2.05) is 0 Å². The van der Waals surface area contributed by atoms with E-state index < -0.39 is 13.8 Å². The summed E-state index contributed by atoms with van der Waals surface area (Å²) in [6.07, 6.45) is 0.981. The van der Waals surface area contributed by atoms with Crippen LogP contribution in [0.1, 0.15) is 0 Å². The maximum atomic E-state index is 10.6. The van der Waals surface area contributed by atoms with E-state index in [4.69, 9.17) is 4.89 Å². The summed E-state index contributed by atoms with van der Waals surface area (Å²) in [5.41, 5.74) is 0. The van der Waals surface area contributed by atoms with Gasteiger partial charge >= 0.3 is 72.9 Å². The molecule has 0 radical (unpaired) electrons.